The number of aromatic nitrogens is 1. The average molecular weight is 358 g/mol. The van der Waals surface area contributed by atoms with Gasteiger partial charge in [-0.05, 0) is 37.5 Å². The maximum absolute atomic E-state index is 13.0. The fourth-order valence-electron chi connectivity index (χ4n) is 3.74. The molecule has 2 aromatic rings. The Kier molecular flexibility index (Phi) is 5.49. The Labute approximate surface area is 154 Å². The number of hydrogen-bond donors (Lipinski definition) is 0. The van der Waals surface area contributed by atoms with Crippen molar-refractivity contribution in [3.63, 3.8) is 0 Å². The Morgan fingerprint density at radius 2 is 2.08 bits per heavy atom. The SMILES string of the molecule is CCc1onc(C)c1[C@H]1CCCN1C(=O)Cc1ccc(OC)c(OC)c1. The lowest BCUT2D eigenvalue weighted by atomic mass is 10.0. The van der Waals surface area contributed by atoms with E-state index < -0.39 is 0 Å². The van der Waals surface area contributed by atoms with Gasteiger partial charge >= 0.3 is 0 Å². The van der Waals surface area contributed by atoms with E-state index in [0.29, 0.717) is 17.9 Å². The van der Waals surface area contributed by atoms with E-state index in [1.54, 1.807) is 14.2 Å². The van der Waals surface area contributed by atoms with E-state index in [2.05, 4.69) is 5.16 Å². The van der Waals surface area contributed by atoms with Crippen LogP contribution in [0.4, 0.5) is 0 Å². The Morgan fingerprint density at radius 1 is 1.31 bits per heavy atom. The van der Waals surface area contributed by atoms with Gasteiger partial charge in [-0.2, -0.15) is 0 Å². The van der Waals surface area contributed by atoms with Crippen LogP contribution in [0, 0.1) is 6.92 Å². The minimum atomic E-state index is 0.0591. The first-order valence-electron chi connectivity index (χ1n) is 9.04. The van der Waals surface area contributed by atoms with Crippen molar-refractivity contribution >= 4 is 5.91 Å². The fraction of sp³-hybridized carbons (Fsp3) is 0.500. The van der Waals surface area contributed by atoms with Crippen molar-refractivity contribution in [1.29, 1.82) is 0 Å². The highest BCUT2D eigenvalue weighted by Crippen LogP contribution is 2.36. The second-order valence-electron chi connectivity index (χ2n) is 6.57. The van der Waals surface area contributed by atoms with Gasteiger partial charge in [0.05, 0.1) is 32.4 Å². The number of rotatable bonds is 6. The maximum Gasteiger partial charge on any atom is 0.227 e. The third-order valence-corrected chi connectivity index (χ3v) is 5.01. The van der Waals surface area contributed by atoms with Crippen molar-refractivity contribution in [2.75, 3.05) is 20.8 Å². The summed E-state index contributed by atoms with van der Waals surface area (Å²) in [6.07, 6.45) is 3.07. The number of ether oxygens (including phenoxy) is 2. The molecule has 1 saturated heterocycles. The predicted molar refractivity (Wildman–Crippen MR) is 97.6 cm³/mol. The monoisotopic (exact) mass is 358 g/mol. The summed E-state index contributed by atoms with van der Waals surface area (Å²) in [5, 5.41) is 4.11. The number of carbonyl (C=O) groups excluding carboxylic acids is 1. The number of nitrogens with zero attached hydrogens (tertiary/aromatic N) is 2. The van der Waals surface area contributed by atoms with Gasteiger partial charge in [0.25, 0.3) is 0 Å². The molecule has 0 saturated carbocycles. The summed E-state index contributed by atoms with van der Waals surface area (Å²) in [5.74, 6) is 2.30. The first kappa shape index (κ1) is 18.3. The highest BCUT2D eigenvalue weighted by atomic mass is 16.5. The van der Waals surface area contributed by atoms with Gasteiger partial charge in [0, 0.05) is 18.5 Å². The molecule has 0 unspecified atom stereocenters. The van der Waals surface area contributed by atoms with E-state index in [1.807, 2.05) is 36.9 Å². The quantitative estimate of drug-likeness (QED) is 0.791. The molecule has 6 nitrogen and oxygen atoms in total. The van der Waals surface area contributed by atoms with Crippen molar-refractivity contribution in [2.45, 2.75) is 45.6 Å². The third kappa shape index (κ3) is 3.41. The van der Waals surface area contributed by atoms with Gasteiger partial charge in [-0.3, -0.25) is 4.79 Å². The molecule has 0 N–H and O–H groups in total. The topological polar surface area (TPSA) is 64.8 Å². The van der Waals surface area contributed by atoms with E-state index in [9.17, 15) is 4.79 Å². The number of amides is 1. The molecular formula is C20H26N2O4. The van der Waals surface area contributed by atoms with Crippen LogP contribution in [0.3, 0.4) is 0 Å². The summed E-state index contributed by atoms with van der Waals surface area (Å²) in [6, 6.07) is 5.67. The second-order valence-corrected chi connectivity index (χ2v) is 6.57. The summed E-state index contributed by atoms with van der Waals surface area (Å²) < 4.78 is 16.0. The molecule has 1 amide bonds. The Morgan fingerprint density at radius 3 is 2.77 bits per heavy atom. The van der Waals surface area contributed by atoms with E-state index in [0.717, 1.165) is 48.4 Å². The van der Waals surface area contributed by atoms with Gasteiger partial charge in [-0.25, -0.2) is 0 Å². The molecule has 1 aromatic heterocycles. The van der Waals surface area contributed by atoms with Crippen LogP contribution in [0.1, 0.15) is 48.4 Å². The first-order chi connectivity index (χ1) is 12.6. The number of benzene rings is 1. The molecule has 1 fully saturated rings. The van der Waals surface area contributed by atoms with Gasteiger partial charge in [0.1, 0.15) is 5.76 Å². The zero-order chi connectivity index (χ0) is 18.7. The molecule has 26 heavy (non-hydrogen) atoms. The number of methoxy groups -OCH3 is 2. The number of hydrogen-bond acceptors (Lipinski definition) is 5. The average Bonchev–Trinajstić information content (AvgIpc) is 3.27. The molecule has 0 bridgehead atoms. The largest absolute Gasteiger partial charge is 0.493 e. The Balaban J connectivity index is 1.80. The highest BCUT2D eigenvalue weighted by molar-refractivity contribution is 5.80. The van der Waals surface area contributed by atoms with Crippen LogP contribution in [-0.2, 0) is 17.6 Å². The van der Waals surface area contributed by atoms with Gasteiger partial charge < -0.3 is 18.9 Å². The van der Waals surface area contributed by atoms with Gasteiger partial charge in [-0.15, -0.1) is 0 Å². The molecule has 3 rings (SSSR count). The van der Waals surface area contributed by atoms with Crippen LogP contribution in [0.15, 0.2) is 22.7 Å². The summed E-state index contributed by atoms with van der Waals surface area (Å²) in [4.78, 5) is 15.0. The van der Waals surface area contributed by atoms with Crippen molar-refractivity contribution in [1.82, 2.24) is 10.1 Å². The first-order valence-corrected chi connectivity index (χ1v) is 9.04. The number of likely N-dealkylation sites (tertiary alicyclic amines) is 1. The second kappa shape index (κ2) is 7.81. The summed E-state index contributed by atoms with van der Waals surface area (Å²) >= 11 is 0. The lowest BCUT2D eigenvalue weighted by molar-refractivity contribution is -0.131. The molecule has 140 valence electrons. The van der Waals surface area contributed by atoms with E-state index >= 15 is 0 Å². The standard InChI is InChI=1S/C20H26N2O4/c1-5-16-20(13(2)21-26-16)15-7-6-10-22(15)19(23)12-14-8-9-17(24-3)18(11-14)25-4/h8-9,11,15H,5-7,10,12H2,1-4H3/t15-/m1/s1. The van der Waals surface area contributed by atoms with Crippen LogP contribution in [0.2, 0.25) is 0 Å². The lowest BCUT2D eigenvalue weighted by Crippen LogP contribution is -2.32. The summed E-state index contributed by atoms with van der Waals surface area (Å²) in [7, 11) is 3.20. The van der Waals surface area contributed by atoms with E-state index in [-0.39, 0.29) is 11.9 Å². The van der Waals surface area contributed by atoms with Crippen molar-refractivity contribution in [3.05, 3.63) is 40.8 Å². The molecule has 1 aromatic carbocycles. The molecule has 0 radical (unpaired) electrons. The van der Waals surface area contributed by atoms with Crippen LogP contribution in [-0.4, -0.2) is 36.7 Å². The lowest BCUT2D eigenvalue weighted by Gasteiger charge is -2.25. The van der Waals surface area contributed by atoms with Crippen LogP contribution in [0.5, 0.6) is 11.5 Å². The Hall–Kier alpha value is -2.50. The van der Waals surface area contributed by atoms with Crippen LogP contribution in [0.25, 0.3) is 0 Å². The molecule has 1 atom stereocenters. The molecule has 2 heterocycles. The summed E-state index contributed by atoms with van der Waals surface area (Å²) in [6.45, 7) is 4.77. The molecule has 0 aliphatic carbocycles. The normalized spacial score (nSPS) is 16.8. The maximum atomic E-state index is 13.0. The minimum absolute atomic E-state index is 0.0591. The Bertz CT molecular complexity index is 784. The van der Waals surface area contributed by atoms with Gasteiger partial charge in [0.15, 0.2) is 11.5 Å². The van der Waals surface area contributed by atoms with Crippen LogP contribution >= 0.6 is 0 Å². The number of aryl methyl sites for hydroxylation is 2. The smallest absolute Gasteiger partial charge is 0.227 e. The van der Waals surface area contributed by atoms with Gasteiger partial charge in [0.2, 0.25) is 5.91 Å². The molecule has 1 aliphatic rings. The molecule has 0 spiro atoms. The molecule has 1 aliphatic heterocycles. The highest BCUT2D eigenvalue weighted by Gasteiger charge is 2.34. The zero-order valence-corrected chi connectivity index (χ0v) is 15.9. The molecule has 6 heteroatoms. The zero-order valence-electron chi connectivity index (χ0n) is 15.9. The minimum Gasteiger partial charge on any atom is -0.493 e. The third-order valence-electron chi connectivity index (χ3n) is 5.01. The fourth-order valence-corrected chi connectivity index (χ4v) is 3.74. The van der Waals surface area contributed by atoms with E-state index in [1.165, 1.54) is 0 Å². The van der Waals surface area contributed by atoms with Crippen LogP contribution < -0.4 is 9.47 Å². The summed E-state index contributed by atoms with van der Waals surface area (Å²) in [5.41, 5.74) is 2.89. The van der Waals surface area contributed by atoms with Crippen molar-refractivity contribution < 1.29 is 18.8 Å². The van der Waals surface area contributed by atoms with E-state index in [4.69, 9.17) is 14.0 Å². The van der Waals surface area contributed by atoms with Crippen molar-refractivity contribution in [2.24, 2.45) is 0 Å². The van der Waals surface area contributed by atoms with Crippen molar-refractivity contribution in [3.8, 4) is 11.5 Å². The molecular weight excluding hydrogens is 332 g/mol. The number of carbonyl (C=O) groups is 1. The van der Waals surface area contributed by atoms with Gasteiger partial charge in [-0.1, -0.05) is 18.1 Å². The predicted octanol–water partition coefficient (Wildman–Crippen LogP) is 3.47.